The van der Waals surface area contributed by atoms with Crippen LogP contribution >= 0.6 is 0 Å². The summed E-state index contributed by atoms with van der Waals surface area (Å²) in [5, 5.41) is 8.82. The number of nitrogens with zero attached hydrogens (tertiary/aromatic N) is 3. The third kappa shape index (κ3) is 2.83. The molecule has 20 heavy (non-hydrogen) atoms. The van der Waals surface area contributed by atoms with Gasteiger partial charge in [0.1, 0.15) is 11.8 Å². The standard InChI is InChI=1S/C16H15N3O/c1-3-12-4-6-15(7-5-12)19(2)16(20)13-8-9-18-14(10-13)11-17/h4-10H,3H2,1-2H3. The maximum Gasteiger partial charge on any atom is 0.258 e. The van der Waals surface area contributed by atoms with Gasteiger partial charge in [0.05, 0.1) is 0 Å². The molecule has 2 aromatic rings. The number of benzene rings is 1. The van der Waals surface area contributed by atoms with Crippen molar-refractivity contribution in [3.63, 3.8) is 0 Å². The van der Waals surface area contributed by atoms with Gasteiger partial charge in [0.25, 0.3) is 5.91 Å². The molecule has 1 aromatic carbocycles. The zero-order valence-corrected chi connectivity index (χ0v) is 11.5. The molecule has 0 saturated carbocycles. The van der Waals surface area contributed by atoms with Gasteiger partial charge in [0.2, 0.25) is 0 Å². The minimum Gasteiger partial charge on any atom is -0.311 e. The monoisotopic (exact) mass is 265 g/mol. The predicted octanol–water partition coefficient (Wildman–Crippen LogP) is 2.79. The van der Waals surface area contributed by atoms with Crippen LogP contribution in [-0.4, -0.2) is 17.9 Å². The number of anilines is 1. The largest absolute Gasteiger partial charge is 0.311 e. The van der Waals surface area contributed by atoms with Crippen LogP contribution in [-0.2, 0) is 6.42 Å². The second-order valence-electron chi connectivity index (χ2n) is 4.43. The van der Waals surface area contributed by atoms with Crippen LogP contribution in [0.5, 0.6) is 0 Å². The molecule has 0 spiro atoms. The first-order chi connectivity index (χ1) is 9.65. The van der Waals surface area contributed by atoms with E-state index in [0.717, 1.165) is 12.1 Å². The molecule has 0 unspecified atom stereocenters. The summed E-state index contributed by atoms with van der Waals surface area (Å²) >= 11 is 0. The van der Waals surface area contributed by atoms with Crippen LogP contribution in [0.4, 0.5) is 5.69 Å². The first-order valence-corrected chi connectivity index (χ1v) is 6.39. The van der Waals surface area contributed by atoms with E-state index < -0.39 is 0 Å². The highest BCUT2D eigenvalue weighted by molar-refractivity contribution is 6.05. The third-order valence-corrected chi connectivity index (χ3v) is 3.16. The van der Waals surface area contributed by atoms with Crippen LogP contribution in [0.3, 0.4) is 0 Å². The summed E-state index contributed by atoms with van der Waals surface area (Å²) in [7, 11) is 1.72. The van der Waals surface area contributed by atoms with E-state index in [9.17, 15) is 4.79 Å². The number of carbonyl (C=O) groups excluding carboxylic acids is 1. The molecule has 0 fully saturated rings. The fourth-order valence-corrected chi connectivity index (χ4v) is 1.89. The average molecular weight is 265 g/mol. The Morgan fingerprint density at radius 1 is 1.30 bits per heavy atom. The van der Waals surface area contributed by atoms with E-state index in [4.69, 9.17) is 5.26 Å². The Bertz CT molecular complexity index is 656. The Hall–Kier alpha value is -2.67. The quantitative estimate of drug-likeness (QED) is 0.857. The Morgan fingerprint density at radius 2 is 2.00 bits per heavy atom. The molecule has 2 rings (SSSR count). The molecule has 4 nitrogen and oxygen atoms in total. The van der Waals surface area contributed by atoms with E-state index in [1.54, 1.807) is 18.0 Å². The normalized spacial score (nSPS) is 9.85. The minimum absolute atomic E-state index is 0.159. The molecule has 1 aromatic heterocycles. The fraction of sp³-hybridized carbons (Fsp3) is 0.188. The third-order valence-electron chi connectivity index (χ3n) is 3.16. The van der Waals surface area contributed by atoms with Crippen molar-refractivity contribution in [2.45, 2.75) is 13.3 Å². The van der Waals surface area contributed by atoms with Crippen LogP contribution in [0.1, 0.15) is 28.5 Å². The van der Waals surface area contributed by atoms with E-state index in [2.05, 4.69) is 11.9 Å². The number of pyridine rings is 1. The molecule has 100 valence electrons. The number of nitriles is 1. The topological polar surface area (TPSA) is 57.0 Å². The lowest BCUT2D eigenvalue weighted by molar-refractivity contribution is 0.0993. The molecule has 0 saturated heterocycles. The van der Waals surface area contributed by atoms with Gasteiger partial charge >= 0.3 is 0 Å². The van der Waals surface area contributed by atoms with Gasteiger partial charge in [-0.05, 0) is 36.2 Å². The fourth-order valence-electron chi connectivity index (χ4n) is 1.89. The van der Waals surface area contributed by atoms with Crippen LogP contribution < -0.4 is 4.90 Å². The Labute approximate surface area is 118 Å². The predicted molar refractivity (Wildman–Crippen MR) is 77.5 cm³/mol. The highest BCUT2D eigenvalue weighted by atomic mass is 16.2. The number of hydrogen-bond donors (Lipinski definition) is 0. The van der Waals surface area contributed by atoms with Gasteiger partial charge in [0.15, 0.2) is 0 Å². The molecule has 1 heterocycles. The summed E-state index contributed by atoms with van der Waals surface area (Å²) < 4.78 is 0. The van der Waals surface area contributed by atoms with Crippen molar-refractivity contribution in [3.8, 4) is 6.07 Å². The van der Waals surface area contributed by atoms with Crippen molar-refractivity contribution in [1.29, 1.82) is 5.26 Å². The molecule has 0 aliphatic heterocycles. The molecular formula is C16H15N3O. The second kappa shape index (κ2) is 5.98. The number of amides is 1. The summed E-state index contributed by atoms with van der Waals surface area (Å²) in [5.41, 5.74) is 2.75. The van der Waals surface area contributed by atoms with Crippen molar-refractivity contribution in [2.24, 2.45) is 0 Å². The van der Waals surface area contributed by atoms with Crippen LogP contribution in [0.25, 0.3) is 0 Å². The van der Waals surface area contributed by atoms with Crippen LogP contribution in [0.15, 0.2) is 42.6 Å². The number of aryl methyl sites for hydroxylation is 1. The molecule has 4 heteroatoms. The van der Waals surface area contributed by atoms with Gasteiger partial charge in [-0.3, -0.25) is 4.79 Å². The number of rotatable bonds is 3. The maximum absolute atomic E-state index is 12.4. The van der Waals surface area contributed by atoms with Gasteiger partial charge in [-0.2, -0.15) is 5.26 Å². The van der Waals surface area contributed by atoms with E-state index in [1.165, 1.54) is 17.8 Å². The maximum atomic E-state index is 12.4. The molecule has 0 aliphatic carbocycles. The van der Waals surface area contributed by atoms with Gasteiger partial charge in [-0.25, -0.2) is 4.98 Å². The lowest BCUT2D eigenvalue weighted by Crippen LogP contribution is -2.26. The van der Waals surface area contributed by atoms with E-state index >= 15 is 0 Å². The highest BCUT2D eigenvalue weighted by Crippen LogP contribution is 2.17. The molecule has 0 bridgehead atoms. The van der Waals surface area contributed by atoms with Crippen molar-refractivity contribution >= 4 is 11.6 Å². The van der Waals surface area contributed by atoms with Crippen molar-refractivity contribution in [3.05, 3.63) is 59.4 Å². The van der Waals surface area contributed by atoms with E-state index in [-0.39, 0.29) is 11.6 Å². The number of carbonyl (C=O) groups is 1. The zero-order valence-electron chi connectivity index (χ0n) is 11.5. The lowest BCUT2D eigenvalue weighted by Gasteiger charge is -2.17. The van der Waals surface area contributed by atoms with Crippen molar-refractivity contribution < 1.29 is 4.79 Å². The molecule has 0 atom stereocenters. The van der Waals surface area contributed by atoms with Gasteiger partial charge in [0, 0.05) is 24.5 Å². The first kappa shape index (κ1) is 13.8. The Balaban J connectivity index is 2.25. The molecule has 1 amide bonds. The number of hydrogen-bond acceptors (Lipinski definition) is 3. The summed E-state index contributed by atoms with van der Waals surface area (Å²) in [5.74, 6) is -0.159. The summed E-state index contributed by atoms with van der Waals surface area (Å²) in [6, 6.07) is 12.9. The molecule has 0 N–H and O–H groups in total. The van der Waals surface area contributed by atoms with Crippen molar-refractivity contribution in [1.82, 2.24) is 4.98 Å². The first-order valence-electron chi connectivity index (χ1n) is 6.39. The summed E-state index contributed by atoms with van der Waals surface area (Å²) in [4.78, 5) is 17.8. The van der Waals surface area contributed by atoms with Crippen molar-refractivity contribution in [2.75, 3.05) is 11.9 Å². The molecular weight excluding hydrogens is 250 g/mol. The summed E-state index contributed by atoms with van der Waals surface area (Å²) in [6.45, 7) is 2.09. The van der Waals surface area contributed by atoms with E-state index in [1.807, 2.05) is 30.3 Å². The Kier molecular flexibility index (Phi) is 4.11. The van der Waals surface area contributed by atoms with Gasteiger partial charge in [-0.15, -0.1) is 0 Å². The lowest BCUT2D eigenvalue weighted by atomic mass is 10.1. The molecule has 0 aliphatic rings. The smallest absolute Gasteiger partial charge is 0.258 e. The van der Waals surface area contributed by atoms with Crippen LogP contribution in [0, 0.1) is 11.3 Å². The Morgan fingerprint density at radius 3 is 2.60 bits per heavy atom. The van der Waals surface area contributed by atoms with Crippen LogP contribution in [0.2, 0.25) is 0 Å². The van der Waals surface area contributed by atoms with E-state index in [0.29, 0.717) is 5.56 Å². The minimum atomic E-state index is -0.159. The molecule has 0 radical (unpaired) electrons. The average Bonchev–Trinajstić information content (AvgIpc) is 2.53. The summed E-state index contributed by atoms with van der Waals surface area (Å²) in [6.07, 6.45) is 2.44. The zero-order chi connectivity index (χ0) is 14.5. The number of aromatic nitrogens is 1. The van der Waals surface area contributed by atoms with Gasteiger partial charge < -0.3 is 4.90 Å². The second-order valence-corrected chi connectivity index (χ2v) is 4.43. The SMILES string of the molecule is CCc1ccc(N(C)C(=O)c2ccnc(C#N)c2)cc1. The highest BCUT2D eigenvalue weighted by Gasteiger charge is 2.14. The van der Waals surface area contributed by atoms with Gasteiger partial charge in [-0.1, -0.05) is 19.1 Å².